The molecule has 2 aromatic rings. The molecule has 0 radical (unpaired) electrons. The van der Waals surface area contributed by atoms with Crippen molar-refractivity contribution in [1.82, 2.24) is 10.1 Å². The van der Waals surface area contributed by atoms with Crippen molar-refractivity contribution in [1.29, 1.82) is 0 Å². The van der Waals surface area contributed by atoms with E-state index >= 15 is 0 Å². The fraction of sp³-hybridized carbons (Fsp3) is 0.200. The Bertz CT molecular complexity index is 491. The van der Waals surface area contributed by atoms with Crippen molar-refractivity contribution < 1.29 is 14.4 Å². The maximum atomic E-state index is 10.6. The quantitative estimate of drug-likeness (QED) is 0.787. The van der Waals surface area contributed by atoms with Crippen LogP contribution in [0.25, 0.3) is 11.3 Å². The summed E-state index contributed by atoms with van der Waals surface area (Å²) in [6, 6.07) is 1.42. The number of carboxylic acid groups (broad SMARTS) is 1. The van der Waals surface area contributed by atoms with Crippen LogP contribution in [0.15, 0.2) is 16.8 Å². The number of nitrogens with one attached hydrogen (secondary N) is 1. The summed E-state index contributed by atoms with van der Waals surface area (Å²) < 4.78 is 4.70. The molecular weight excluding hydrogens is 196 g/mol. The van der Waals surface area contributed by atoms with E-state index in [1.807, 2.05) is 20.0 Å². The standard InChI is InChI=1S/C10H10N2O3/c1-5-4-11-6(2)9(5)7-3-8(10(13)14)15-12-7/h3-4,11H,1-2H3,(H,13,14). The Balaban J connectivity index is 2.50. The van der Waals surface area contributed by atoms with E-state index in [9.17, 15) is 4.79 Å². The fourth-order valence-corrected chi connectivity index (χ4v) is 1.54. The molecular formula is C10H10N2O3. The van der Waals surface area contributed by atoms with Crippen LogP contribution in [0.3, 0.4) is 0 Å². The summed E-state index contributed by atoms with van der Waals surface area (Å²) in [6.07, 6.45) is 1.85. The number of carbonyl (C=O) groups is 1. The van der Waals surface area contributed by atoms with Gasteiger partial charge < -0.3 is 14.6 Å². The number of rotatable bonds is 2. The third kappa shape index (κ3) is 1.52. The van der Waals surface area contributed by atoms with Gasteiger partial charge in [0, 0.05) is 23.5 Å². The second-order valence-electron chi connectivity index (χ2n) is 3.35. The Hall–Kier alpha value is -2.04. The SMILES string of the molecule is Cc1c[nH]c(C)c1-c1cc(C(=O)O)on1. The van der Waals surface area contributed by atoms with Gasteiger partial charge in [-0.2, -0.15) is 0 Å². The van der Waals surface area contributed by atoms with E-state index in [4.69, 9.17) is 9.63 Å². The number of nitrogens with zero attached hydrogens (tertiary/aromatic N) is 1. The number of hydrogen-bond donors (Lipinski definition) is 2. The van der Waals surface area contributed by atoms with Crippen LogP contribution in [-0.2, 0) is 0 Å². The van der Waals surface area contributed by atoms with Crippen LogP contribution in [-0.4, -0.2) is 21.2 Å². The molecule has 2 rings (SSSR count). The second kappa shape index (κ2) is 3.27. The van der Waals surface area contributed by atoms with E-state index < -0.39 is 5.97 Å². The Morgan fingerprint density at radius 3 is 2.73 bits per heavy atom. The van der Waals surface area contributed by atoms with Gasteiger partial charge in [-0.25, -0.2) is 4.79 Å². The Kier molecular flexibility index (Phi) is 2.07. The van der Waals surface area contributed by atoms with Crippen LogP contribution in [0.4, 0.5) is 0 Å². The van der Waals surface area contributed by atoms with Gasteiger partial charge in [0.1, 0.15) is 5.69 Å². The number of H-pyrrole nitrogens is 1. The van der Waals surface area contributed by atoms with Crippen molar-refractivity contribution in [2.75, 3.05) is 0 Å². The van der Waals surface area contributed by atoms with E-state index in [-0.39, 0.29) is 5.76 Å². The zero-order chi connectivity index (χ0) is 11.0. The van der Waals surface area contributed by atoms with Crippen LogP contribution in [0.1, 0.15) is 21.8 Å². The van der Waals surface area contributed by atoms with E-state index in [1.54, 1.807) is 0 Å². The zero-order valence-electron chi connectivity index (χ0n) is 8.37. The minimum Gasteiger partial charge on any atom is -0.475 e. The normalized spacial score (nSPS) is 10.5. The second-order valence-corrected chi connectivity index (χ2v) is 3.35. The van der Waals surface area contributed by atoms with Gasteiger partial charge in [0.2, 0.25) is 5.76 Å². The monoisotopic (exact) mass is 206 g/mol. The first kappa shape index (κ1) is 9.51. The first-order valence-electron chi connectivity index (χ1n) is 4.44. The van der Waals surface area contributed by atoms with Gasteiger partial charge >= 0.3 is 5.97 Å². The Morgan fingerprint density at radius 1 is 1.53 bits per heavy atom. The lowest BCUT2D eigenvalue weighted by molar-refractivity contribution is 0.0652. The van der Waals surface area contributed by atoms with E-state index in [0.717, 1.165) is 16.8 Å². The molecule has 0 spiro atoms. The molecule has 0 aliphatic rings. The molecule has 5 heteroatoms. The number of aryl methyl sites for hydroxylation is 2. The minimum absolute atomic E-state index is 0.148. The van der Waals surface area contributed by atoms with Crippen molar-refractivity contribution in [2.45, 2.75) is 13.8 Å². The molecule has 0 aromatic carbocycles. The largest absolute Gasteiger partial charge is 0.475 e. The summed E-state index contributed by atoms with van der Waals surface area (Å²) in [7, 11) is 0. The van der Waals surface area contributed by atoms with Crippen LogP contribution >= 0.6 is 0 Å². The maximum absolute atomic E-state index is 10.6. The van der Waals surface area contributed by atoms with E-state index in [0.29, 0.717) is 5.69 Å². The van der Waals surface area contributed by atoms with Crippen LogP contribution in [0, 0.1) is 13.8 Å². The van der Waals surface area contributed by atoms with E-state index in [1.165, 1.54) is 6.07 Å². The highest BCUT2D eigenvalue weighted by Gasteiger charge is 2.15. The smallest absolute Gasteiger partial charge is 0.374 e. The predicted molar refractivity (Wildman–Crippen MR) is 52.7 cm³/mol. The van der Waals surface area contributed by atoms with E-state index in [2.05, 4.69) is 10.1 Å². The van der Waals surface area contributed by atoms with Crippen molar-refractivity contribution in [3.63, 3.8) is 0 Å². The van der Waals surface area contributed by atoms with Gasteiger partial charge in [-0.1, -0.05) is 5.16 Å². The van der Waals surface area contributed by atoms with Gasteiger partial charge in [0.05, 0.1) is 0 Å². The molecule has 0 amide bonds. The average molecular weight is 206 g/mol. The van der Waals surface area contributed by atoms with Crippen molar-refractivity contribution in [3.8, 4) is 11.3 Å². The molecule has 0 saturated heterocycles. The Labute approximate surface area is 85.7 Å². The number of aromatic amines is 1. The lowest BCUT2D eigenvalue weighted by Gasteiger charge is -1.94. The number of aromatic nitrogens is 2. The lowest BCUT2D eigenvalue weighted by atomic mass is 10.1. The first-order valence-corrected chi connectivity index (χ1v) is 4.44. The third-order valence-corrected chi connectivity index (χ3v) is 2.25. The van der Waals surface area contributed by atoms with Crippen LogP contribution in [0.2, 0.25) is 0 Å². The highest BCUT2D eigenvalue weighted by Crippen LogP contribution is 2.26. The van der Waals surface area contributed by atoms with Gasteiger partial charge in [-0.05, 0) is 19.4 Å². The molecule has 2 N–H and O–H groups in total. The highest BCUT2D eigenvalue weighted by molar-refractivity contribution is 5.86. The number of hydrogen-bond acceptors (Lipinski definition) is 3. The van der Waals surface area contributed by atoms with Crippen molar-refractivity contribution in [2.24, 2.45) is 0 Å². The predicted octanol–water partition coefficient (Wildman–Crippen LogP) is 1.98. The minimum atomic E-state index is -1.11. The zero-order valence-corrected chi connectivity index (χ0v) is 8.37. The summed E-state index contributed by atoms with van der Waals surface area (Å²) in [5.41, 5.74) is 3.39. The van der Waals surface area contributed by atoms with Gasteiger partial charge in [0.15, 0.2) is 0 Å². The topological polar surface area (TPSA) is 79.1 Å². The molecule has 0 fully saturated rings. The number of aromatic carboxylic acids is 1. The molecule has 0 unspecified atom stereocenters. The number of carboxylic acids is 1. The van der Waals surface area contributed by atoms with Crippen LogP contribution < -0.4 is 0 Å². The van der Waals surface area contributed by atoms with Crippen molar-refractivity contribution >= 4 is 5.97 Å². The summed E-state index contributed by atoms with van der Waals surface area (Å²) >= 11 is 0. The van der Waals surface area contributed by atoms with Crippen molar-refractivity contribution in [3.05, 3.63) is 29.3 Å². The summed E-state index contributed by atoms with van der Waals surface area (Å²) in [4.78, 5) is 13.7. The maximum Gasteiger partial charge on any atom is 0.374 e. The molecule has 78 valence electrons. The van der Waals surface area contributed by atoms with Crippen LogP contribution in [0.5, 0.6) is 0 Å². The Morgan fingerprint density at radius 2 is 2.27 bits per heavy atom. The highest BCUT2D eigenvalue weighted by atomic mass is 16.5. The van der Waals surface area contributed by atoms with Gasteiger partial charge in [-0.3, -0.25) is 0 Å². The molecule has 2 aromatic heterocycles. The van der Waals surface area contributed by atoms with Gasteiger partial charge in [-0.15, -0.1) is 0 Å². The molecule has 0 atom stereocenters. The van der Waals surface area contributed by atoms with Gasteiger partial charge in [0.25, 0.3) is 0 Å². The molecule has 5 nitrogen and oxygen atoms in total. The molecule has 0 bridgehead atoms. The lowest BCUT2D eigenvalue weighted by Crippen LogP contribution is -1.91. The molecule has 0 saturated carbocycles. The summed E-state index contributed by atoms with van der Waals surface area (Å²) in [5, 5.41) is 12.4. The molecule has 0 aliphatic heterocycles. The summed E-state index contributed by atoms with van der Waals surface area (Å²) in [6.45, 7) is 3.82. The summed E-state index contributed by atoms with van der Waals surface area (Å²) in [5.74, 6) is -1.26. The molecule has 2 heterocycles. The third-order valence-electron chi connectivity index (χ3n) is 2.25. The molecule has 15 heavy (non-hydrogen) atoms. The molecule has 0 aliphatic carbocycles. The average Bonchev–Trinajstić information content (AvgIpc) is 2.73. The fourth-order valence-electron chi connectivity index (χ4n) is 1.54. The first-order chi connectivity index (χ1) is 7.09.